The van der Waals surface area contributed by atoms with Gasteiger partial charge in [-0.25, -0.2) is 14.6 Å². The van der Waals surface area contributed by atoms with Crippen LogP contribution in [0.2, 0.25) is 0 Å². The van der Waals surface area contributed by atoms with E-state index in [1.165, 1.54) is 14.0 Å². The Hall–Kier alpha value is -4.18. The normalized spacial score (nSPS) is 13.9. The fourth-order valence-corrected chi connectivity index (χ4v) is 4.23. The van der Waals surface area contributed by atoms with Crippen LogP contribution in [-0.4, -0.2) is 53.9 Å². The van der Waals surface area contributed by atoms with Crippen molar-refractivity contribution in [3.8, 4) is 11.1 Å². The highest BCUT2D eigenvalue weighted by atomic mass is 16.5. The zero-order valence-corrected chi connectivity index (χ0v) is 19.2. The van der Waals surface area contributed by atoms with Gasteiger partial charge in [-0.3, -0.25) is 4.79 Å². The van der Waals surface area contributed by atoms with Crippen molar-refractivity contribution < 1.29 is 33.4 Å². The Morgan fingerprint density at radius 1 is 1.09 bits per heavy atom. The molecule has 1 aliphatic rings. The second kappa shape index (κ2) is 9.98. The van der Waals surface area contributed by atoms with Crippen LogP contribution in [0.1, 0.15) is 40.2 Å². The number of fused-ring (bicyclic) bond motifs is 3. The van der Waals surface area contributed by atoms with E-state index in [2.05, 4.69) is 15.6 Å². The van der Waals surface area contributed by atoms with Crippen molar-refractivity contribution in [1.29, 1.82) is 0 Å². The molecule has 1 aliphatic carbocycles. The van der Waals surface area contributed by atoms with Crippen LogP contribution in [-0.2, 0) is 20.8 Å². The molecule has 10 nitrogen and oxygen atoms in total. The first-order chi connectivity index (χ1) is 16.8. The second-order valence-corrected chi connectivity index (χ2v) is 8.33. The summed E-state index contributed by atoms with van der Waals surface area (Å²) in [5, 5.41) is 14.2. The van der Waals surface area contributed by atoms with Gasteiger partial charge < -0.3 is 29.6 Å². The summed E-state index contributed by atoms with van der Waals surface area (Å²) in [7, 11) is 1.39. The molecule has 0 aliphatic heterocycles. The van der Waals surface area contributed by atoms with E-state index < -0.39 is 23.5 Å². The fraction of sp³-hybridized carbons (Fsp3) is 0.280. The van der Waals surface area contributed by atoms with Gasteiger partial charge in [0.1, 0.15) is 12.1 Å². The van der Waals surface area contributed by atoms with Crippen LogP contribution in [0.3, 0.4) is 0 Å². The molecule has 0 radical (unpaired) electrons. The van der Waals surface area contributed by atoms with Crippen molar-refractivity contribution in [1.82, 2.24) is 15.6 Å². The third-order valence-corrected chi connectivity index (χ3v) is 5.91. The molecule has 0 saturated heterocycles. The third kappa shape index (κ3) is 4.87. The number of carboxylic acids is 1. The van der Waals surface area contributed by atoms with Gasteiger partial charge in [-0.1, -0.05) is 48.5 Å². The fourth-order valence-electron chi connectivity index (χ4n) is 4.23. The molecule has 35 heavy (non-hydrogen) atoms. The number of amides is 2. The zero-order chi connectivity index (χ0) is 25.0. The summed E-state index contributed by atoms with van der Waals surface area (Å²) in [5.74, 6) is -2.04. The molecule has 4 rings (SSSR count). The lowest BCUT2D eigenvalue weighted by atomic mass is 9.98. The molecule has 0 spiro atoms. The molecule has 10 heteroatoms. The number of benzene rings is 2. The number of ether oxygens (including phenoxy) is 2. The molecular formula is C25H25N3O7. The first-order valence-electron chi connectivity index (χ1n) is 10.9. The minimum Gasteiger partial charge on any atom is -0.476 e. The predicted molar refractivity (Wildman–Crippen MR) is 124 cm³/mol. The van der Waals surface area contributed by atoms with E-state index in [9.17, 15) is 14.4 Å². The van der Waals surface area contributed by atoms with Gasteiger partial charge in [0.05, 0.1) is 13.2 Å². The quantitative estimate of drug-likeness (QED) is 0.426. The van der Waals surface area contributed by atoms with Gasteiger partial charge in [-0.15, -0.1) is 0 Å². The molecular weight excluding hydrogens is 454 g/mol. The molecule has 1 heterocycles. The van der Waals surface area contributed by atoms with Crippen molar-refractivity contribution in [2.24, 2.45) is 0 Å². The lowest BCUT2D eigenvalue weighted by Crippen LogP contribution is -2.59. The minimum atomic E-state index is -1.49. The Bertz CT molecular complexity index is 1210. The number of oxazole rings is 1. The maximum absolute atomic E-state index is 12.9. The van der Waals surface area contributed by atoms with E-state index in [-0.39, 0.29) is 37.1 Å². The summed E-state index contributed by atoms with van der Waals surface area (Å²) in [6, 6.07) is 15.9. The molecule has 0 bridgehead atoms. The SMILES string of the molecule is COCC(C)(NC(=O)OCC1c2ccccc2-c2ccccc21)C(=O)NCc1ocnc1C(=O)O. The number of carboxylic acid groups (broad SMARTS) is 1. The van der Waals surface area contributed by atoms with E-state index in [0.29, 0.717) is 0 Å². The maximum atomic E-state index is 12.9. The molecule has 182 valence electrons. The Morgan fingerprint density at radius 3 is 2.31 bits per heavy atom. The smallest absolute Gasteiger partial charge is 0.408 e. The summed E-state index contributed by atoms with van der Waals surface area (Å²) in [6.07, 6.45) is 0.196. The van der Waals surface area contributed by atoms with Crippen LogP contribution in [0.25, 0.3) is 11.1 Å². The van der Waals surface area contributed by atoms with Crippen molar-refractivity contribution in [2.45, 2.75) is 24.9 Å². The van der Waals surface area contributed by atoms with Crippen molar-refractivity contribution >= 4 is 18.0 Å². The number of rotatable bonds is 9. The molecule has 0 saturated carbocycles. The van der Waals surface area contributed by atoms with E-state index in [1.807, 2.05) is 48.5 Å². The number of aromatic carboxylic acids is 1. The number of hydrogen-bond donors (Lipinski definition) is 3. The lowest BCUT2D eigenvalue weighted by Gasteiger charge is -2.28. The Kier molecular flexibility index (Phi) is 6.83. The van der Waals surface area contributed by atoms with Crippen molar-refractivity contribution in [3.05, 3.63) is 77.5 Å². The highest BCUT2D eigenvalue weighted by Gasteiger charge is 2.37. The molecule has 3 aromatic rings. The number of aromatic nitrogens is 1. The summed E-state index contributed by atoms with van der Waals surface area (Å²) in [6.45, 7) is 1.19. The number of carbonyl (C=O) groups excluding carboxylic acids is 2. The van der Waals surface area contributed by atoms with Crippen LogP contribution < -0.4 is 10.6 Å². The summed E-state index contributed by atoms with van der Waals surface area (Å²) in [5.41, 5.74) is 2.56. The van der Waals surface area contributed by atoms with E-state index >= 15 is 0 Å². The minimum absolute atomic E-state index is 0.0215. The van der Waals surface area contributed by atoms with Gasteiger partial charge in [0.15, 0.2) is 17.8 Å². The van der Waals surface area contributed by atoms with Gasteiger partial charge in [0.2, 0.25) is 5.91 Å². The first-order valence-corrected chi connectivity index (χ1v) is 10.9. The zero-order valence-electron chi connectivity index (χ0n) is 19.2. The van der Waals surface area contributed by atoms with Gasteiger partial charge in [0.25, 0.3) is 0 Å². The monoisotopic (exact) mass is 479 g/mol. The molecule has 1 unspecified atom stereocenters. The highest BCUT2D eigenvalue weighted by Crippen LogP contribution is 2.44. The molecule has 1 aromatic heterocycles. The number of methoxy groups -OCH3 is 1. The Labute approximate surface area is 201 Å². The molecule has 2 aromatic carbocycles. The van der Waals surface area contributed by atoms with Crippen LogP contribution in [0.5, 0.6) is 0 Å². The molecule has 3 N–H and O–H groups in total. The summed E-state index contributed by atoms with van der Waals surface area (Å²) >= 11 is 0. The van der Waals surface area contributed by atoms with E-state index in [0.717, 1.165) is 28.6 Å². The van der Waals surface area contributed by atoms with Crippen LogP contribution in [0.15, 0.2) is 59.3 Å². The summed E-state index contributed by atoms with van der Waals surface area (Å²) < 4.78 is 15.7. The van der Waals surface area contributed by atoms with Crippen molar-refractivity contribution in [3.63, 3.8) is 0 Å². The summed E-state index contributed by atoms with van der Waals surface area (Å²) in [4.78, 5) is 40.4. The number of nitrogens with one attached hydrogen (secondary N) is 2. The average Bonchev–Trinajstić information content (AvgIpc) is 3.44. The predicted octanol–water partition coefficient (Wildman–Crippen LogP) is 2.93. The lowest BCUT2D eigenvalue weighted by molar-refractivity contribution is -0.129. The standard InChI is InChI=1S/C25H25N3O7/c1-25(13-33-2,23(31)26-11-20-21(22(29)30)27-14-35-20)28-24(32)34-12-19-17-9-5-3-7-15(17)16-8-4-6-10-18(16)19/h3-10,14,19H,11-13H2,1-2H3,(H,26,31)(H,28,32)(H,29,30). The van der Waals surface area contributed by atoms with Crippen LogP contribution in [0, 0.1) is 0 Å². The number of alkyl carbamates (subject to hydrolysis) is 1. The van der Waals surface area contributed by atoms with Gasteiger partial charge in [0, 0.05) is 13.0 Å². The van der Waals surface area contributed by atoms with Crippen LogP contribution in [0.4, 0.5) is 4.79 Å². The van der Waals surface area contributed by atoms with Crippen molar-refractivity contribution in [2.75, 3.05) is 20.3 Å². The topological polar surface area (TPSA) is 140 Å². The van der Waals surface area contributed by atoms with Gasteiger partial charge in [-0.2, -0.15) is 0 Å². The Morgan fingerprint density at radius 2 is 1.71 bits per heavy atom. The molecule has 0 fully saturated rings. The van der Waals surface area contributed by atoms with Gasteiger partial charge >= 0.3 is 12.1 Å². The highest BCUT2D eigenvalue weighted by molar-refractivity contribution is 5.90. The number of carbonyl (C=O) groups is 3. The molecule has 2 amide bonds. The largest absolute Gasteiger partial charge is 0.476 e. The van der Waals surface area contributed by atoms with Crippen LogP contribution >= 0.6 is 0 Å². The number of nitrogens with zero attached hydrogens (tertiary/aromatic N) is 1. The third-order valence-electron chi connectivity index (χ3n) is 5.91. The van der Waals surface area contributed by atoms with E-state index in [4.69, 9.17) is 19.0 Å². The second-order valence-electron chi connectivity index (χ2n) is 8.33. The van der Waals surface area contributed by atoms with E-state index in [1.54, 1.807) is 0 Å². The number of hydrogen-bond acceptors (Lipinski definition) is 7. The van der Waals surface area contributed by atoms with Gasteiger partial charge in [-0.05, 0) is 29.2 Å². The molecule has 1 atom stereocenters. The Balaban J connectivity index is 1.41. The first kappa shape index (κ1) is 24.0. The maximum Gasteiger partial charge on any atom is 0.408 e. The average molecular weight is 479 g/mol.